The molecule has 23 heavy (non-hydrogen) atoms. The quantitative estimate of drug-likeness (QED) is 0.547. The van der Waals surface area contributed by atoms with Gasteiger partial charge in [0.25, 0.3) is 0 Å². The van der Waals surface area contributed by atoms with Crippen molar-refractivity contribution in [3.05, 3.63) is 91.0 Å². The molecule has 0 radical (unpaired) electrons. The third-order valence-electron chi connectivity index (χ3n) is 4.51. The molecule has 0 aliphatic rings. The lowest BCUT2D eigenvalue weighted by molar-refractivity contribution is 0.294. The molecular formula is C21H22OSi. The normalized spacial score (nSPS) is 11.3. The van der Waals surface area contributed by atoms with Crippen LogP contribution in [0.2, 0.25) is 6.04 Å². The molecular weight excluding hydrogens is 296 g/mol. The highest BCUT2D eigenvalue weighted by atomic mass is 28.3. The van der Waals surface area contributed by atoms with Crippen molar-refractivity contribution in [2.45, 2.75) is 12.5 Å². The molecule has 1 N–H and O–H groups in total. The van der Waals surface area contributed by atoms with Gasteiger partial charge in [0.15, 0.2) is 0 Å². The molecule has 0 saturated carbocycles. The van der Waals surface area contributed by atoms with Crippen molar-refractivity contribution < 1.29 is 5.11 Å². The van der Waals surface area contributed by atoms with Crippen LogP contribution in [0.3, 0.4) is 0 Å². The van der Waals surface area contributed by atoms with Crippen LogP contribution in [-0.4, -0.2) is 19.8 Å². The average Bonchev–Trinajstić information content (AvgIpc) is 2.65. The predicted molar refractivity (Wildman–Crippen MR) is 100 cm³/mol. The van der Waals surface area contributed by atoms with Crippen molar-refractivity contribution >= 4 is 23.6 Å². The Bertz CT molecular complexity index is 614. The van der Waals surface area contributed by atoms with E-state index < -0.39 is 8.07 Å². The Morgan fingerprint density at radius 1 is 0.565 bits per heavy atom. The van der Waals surface area contributed by atoms with Gasteiger partial charge in [-0.3, -0.25) is 0 Å². The van der Waals surface area contributed by atoms with E-state index in [1.54, 1.807) is 0 Å². The smallest absolute Gasteiger partial charge is 0.148 e. The Balaban J connectivity index is 2.25. The minimum Gasteiger partial charge on any atom is -0.396 e. The first-order chi connectivity index (χ1) is 11.4. The molecule has 0 atom stereocenters. The van der Waals surface area contributed by atoms with Crippen LogP contribution in [0, 0.1) is 0 Å². The fourth-order valence-electron chi connectivity index (χ4n) is 3.45. The molecule has 0 aliphatic heterocycles. The molecule has 2 heteroatoms. The molecule has 3 aromatic carbocycles. The van der Waals surface area contributed by atoms with Gasteiger partial charge in [-0.05, 0) is 28.0 Å². The fraction of sp³-hybridized carbons (Fsp3) is 0.143. The summed E-state index contributed by atoms with van der Waals surface area (Å²) in [4.78, 5) is 0. The summed E-state index contributed by atoms with van der Waals surface area (Å²) in [6.07, 6.45) is 0.824. The second kappa shape index (κ2) is 7.40. The molecule has 0 spiro atoms. The van der Waals surface area contributed by atoms with Crippen molar-refractivity contribution in [1.29, 1.82) is 0 Å². The van der Waals surface area contributed by atoms with Crippen molar-refractivity contribution in [3.63, 3.8) is 0 Å². The van der Waals surface area contributed by atoms with Gasteiger partial charge in [0, 0.05) is 6.61 Å². The van der Waals surface area contributed by atoms with E-state index in [9.17, 15) is 5.11 Å². The highest BCUT2D eigenvalue weighted by Crippen LogP contribution is 2.14. The minimum absolute atomic E-state index is 0.237. The van der Waals surface area contributed by atoms with Gasteiger partial charge in [0.1, 0.15) is 8.07 Å². The number of aliphatic hydroxyl groups is 1. The number of aliphatic hydroxyl groups excluding tert-OH is 1. The maximum absolute atomic E-state index is 9.49. The molecule has 0 saturated heterocycles. The van der Waals surface area contributed by atoms with Crippen molar-refractivity contribution in [2.24, 2.45) is 0 Å². The van der Waals surface area contributed by atoms with Crippen molar-refractivity contribution in [3.8, 4) is 0 Å². The van der Waals surface area contributed by atoms with E-state index in [1.807, 2.05) is 0 Å². The lowest BCUT2D eigenvalue weighted by atomic mass is 10.3. The molecule has 1 nitrogen and oxygen atoms in total. The molecule has 3 aromatic rings. The van der Waals surface area contributed by atoms with Gasteiger partial charge >= 0.3 is 0 Å². The summed E-state index contributed by atoms with van der Waals surface area (Å²) in [5, 5.41) is 13.7. The Hall–Kier alpha value is -2.16. The van der Waals surface area contributed by atoms with E-state index in [-0.39, 0.29) is 6.61 Å². The van der Waals surface area contributed by atoms with Crippen LogP contribution in [0.15, 0.2) is 91.0 Å². The highest BCUT2D eigenvalue weighted by molar-refractivity contribution is 7.11. The summed E-state index contributed by atoms with van der Waals surface area (Å²) < 4.78 is 0. The lowest BCUT2D eigenvalue weighted by Gasteiger charge is -2.33. The number of hydrogen-bond donors (Lipinski definition) is 1. The van der Waals surface area contributed by atoms with Crippen LogP contribution >= 0.6 is 0 Å². The maximum atomic E-state index is 9.49. The van der Waals surface area contributed by atoms with Gasteiger partial charge in [-0.25, -0.2) is 0 Å². The van der Waals surface area contributed by atoms with Crippen LogP contribution in [0.5, 0.6) is 0 Å². The van der Waals surface area contributed by atoms with Gasteiger partial charge in [-0.15, -0.1) is 0 Å². The molecule has 3 rings (SSSR count). The summed E-state index contributed by atoms with van der Waals surface area (Å²) in [5.41, 5.74) is 0. The summed E-state index contributed by atoms with van der Waals surface area (Å²) in [6.45, 7) is 0.237. The standard InChI is InChI=1S/C21H22OSi/c22-17-10-18-23(19-11-4-1-5-12-19,20-13-6-2-7-14-20)21-15-8-3-9-16-21/h1-9,11-16,22H,10,17-18H2. The number of benzene rings is 3. The van der Waals surface area contributed by atoms with E-state index in [0.717, 1.165) is 12.5 Å². The predicted octanol–water partition coefficient (Wildman–Crippen LogP) is 2.54. The highest BCUT2D eigenvalue weighted by Gasteiger charge is 2.38. The van der Waals surface area contributed by atoms with Crippen LogP contribution < -0.4 is 15.6 Å². The first-order valence-electron chi connectivity index (χ1n) is 8.15. The molecule has 0 aliphatic carbocycles. The first kappa shape index (κ1) is 15.7. The van der Waals surface area contributed by atoms with Crippen LogP contribution in [0.1, 0.15) is 6.42 Å². The topological polar surface area (TPSA) is 20.2 Å². The number of hydrogen-bond acceptors (Lipinski definition) is 1. The maximum Gasteiger partial charge on any atom is 0.148 e. The molecule has 0 bridgehead atoms. The summed E-state index contributed by atoms with van der Waals surface area (Å²) >= 11 is 0. The van der Waals surface area contributed by atoms with Crippen LogP contribution in [0.4, 0.5) is 0 Å². The Morgan fingerprint density at radius 3 is 1.22 bits per heavy atom. The monoisotopic (exact) mass is 318 g/mol. The second-order valence-electron chi connectivity index (χ2n) is 5.83. The van der Waals surface area contributed by atoms with E-state index in [0.29, 0.717) is 0 Å². The van der Waals surface area contributed by atoms with E-state index in [2.05, 4.69) is 91.0 Å². The summed E-state index contributed by atoms with van der Waals surface area (Å²) in [7, 11) is -2.10. The molecule has 116 valence electrons. The number of rotatable bonds is 6. The first-order valence-corrected chi connectivity index (χ1v) is 10.4. The van der Waals surface area contributed by atoms with Gasteiger partial charge in [-0.2, -0.15) is 0 Å². The molecule has 0 heterocycles. The lowest BCUT2D eigenvalue weighted by Crippen LogP contribution is -2.67. The van der Waals surface area contributed by atoms with E-state index >= 15 is 0 Å². The fourth-order valence-corrected chi connectivity index (χ4v) is 8.28. The largest absolute Gasteiger partial charge is 0.396 e. The third-order valence-corrected chi connectivity index (χ3v) is 9.57. The SMILES string of the molecule is OCCC[Si](c1ccccc1)(c1ccccc1)c1ccccc1. The van der Waals surface area contributed by atoms with Gasteiger partial charge in [-0.1, -0.05) is 91.0 Å². The Morgan fingerprint density at radius 2 is 0.913 bits per heavy atom. The summed E-state index contributed by atoms with van der Waals surface area (Å²) in [5.74, 6) is 0. The second-order valence-corrected chi connectivity index (χ2v) is 9.87. The Kier molecular flexibility index (Phi) is 5.06. The van der Waals surface area contributed by atoms with Gasteiger partial charge < -0.3 is 5.11 Å². The third kappa shape index (κ3) is 3.14. The molecule has 0 aromatic heterocycles. The molecule has 0 fully saturated rings. The van der Waals surface area contributed by atoms with Gasteiger partial charge in [0.2, 0.25) is 0 Å². The van der Waals surface area contributed by atoms with Gasteiger partial charge in [0.05, 0.1) is 0 Å². The van der Waals surface area contributed by atoms with E-state index in [1.165, 1.54) is 15.6 Å². The molecule has 0 amide bonds. The summed E-state index contributed by atoms with van der Waals surface area (Å²) in [6, 6.07) is 33.5. The van der Waals surface area contributed by atoms with E-state index in [4.69, 9.17) is 0 Å². The van der Waals surface area contributed by atoms with Crippen molar-refractivity contribution in [1.82, 2.24) is 0 Å². The average molecular weight is 318 g/mol. The zero-order valence-corrected chi connectivity index (χ0v) is 14.2. The minimum atomic E-state index is -2.10. The van der Waals surface area contributed by atoms with Crippen LogP contribution in [0.25, 0.3) is 0 Å². The molecule has 0 unspecified atom stereocenters. The zero-order valence-electron chi connectivity index (χ0n) is 13.2. The van der Waals surface area contributed by atoms with Crippen LogP contribution in [-0.2, 0) is 0 Å². The van der Waals surface area contributed by atoms with Crippen molar-refractivity contribution in [2.75, 3.05) is 6.61 Å². The zero-order chi connectivity index (χ0) is 16.0. The Labute approximate surface area is 139 Å².